The fourth-order valence-electron chi connectivity index (χ4n) is 2.18. The lowest BCUT2D eigenvalue weighted by Gasteiger charge is -2.18. The Balaban J connectivity index is 2.16. The molecule has 4 N–H and O–H groups in total. The van der Waals surface area contributed by atoms with Crippen LogP contribution in [-0.2, 0) is 6.54 Å². The van der Waals surface area contributed by atoms with E-state index in [1.807, 2.05) is 25.1 Å². The summed E-state index contributed by atoms with van der Waals surface area (Å²) in [7, 11) is 1.77. The number of aryl methyl sites for hydroxylation is 1. The summed E-state index contributed by atoms with van der Waals surface area (Å²) in [6.07, 6.45) is 0. The van der Waals surface area contributed by atoms with Gasteiger partial charge in [0.25, 0.3) is 5.91 Å². The molecule has 2 aromatic rings. The first kappa shape index (κ1) is 13.9. The number of carbonyl (C=O) groups is 1. The average Bonchev–Trinajstić information content (AvgIpc) is 2.36. The Morgan fingerprint density at radius 3 is 2.35 bits per heavy atom. The Kier molecular flexibility index (Phi) is 3.94. The highest BCUT2D eigenvalue weighted by molar-refractivity contribution is 5.95. The topological polar surface area (TPSA) is 72.3 Å². The molecule has 0 saturated heterocycles. The molecular formula is C16H19N3O. The third-order valence-corrected chi connectivity index (χ3v) is 3.07. The first-order chi connectivity index (χ1) is 9.45. The summed E-state index contributed by atoms with van der Waals surface area (Å²) in [6.45, 7) is 2.58. The summed E-state index contributed by atoms with van der Waals surface area (Å²) in [6, 6.07) is 13.0. The van der Waals surface area contributed by atoms with E-state index in [1.54, 1.807) is 30.1 Å². The Labute approximate surface area is 119 Å². The van der Waals surface area contributed by atoms with Crippen LogP contribution in [0.5, 0.6) is 0 Å². The lowest BCUT2D eigenvalue weighted by Crippen LogP contribution is -2.26. The van der Waals surface area contributed by atoms with E-state index in [2.05, 4.69) is 6.07 Å². The lowest BCUT2D eigenvalue weighted by molar-refractivity contribution is 0.0785. The number of hydrogen-bond acceptors (Lipinski definition) is 3. The predicted molar refractivity (Wildman–Crippen MR) is 82.2 cm³/mol. The van der Waals surface area contributed by atoms with Gasteiger partial charge in [-0.05, 0) is 30.7 Å². The number of nitrogens with two attached hydrogens (primary N) is 2. The minimum atomic E-state index is -0.0921. The van der Waals surface area contributed by atoms with Gasteiger partial charge in [0.05, 0.1) is 0 Å². The summed E-state index contributed by atoms with van der Waals surface area (Å²) in [5, 5.41) is 0. The number of nitrogen functional groups attached to an aromatic ring is 2. The van der Waals surface area contributed by atoms with Gasteiger partial charge in [0.1, 0.15) is 0 Å². The van der Waals surface area contributed by atoms with Crippen LogP contribution in [0.3, 0.4) is 0 Å². The summed E-state index contributed by atoms with van der Waals surface area (Å²) in [5.74, 6) is -0.0921. The van der Waals surface area contributed by atoms with Crippen molar-refractivity contribution in [1.29, 1.82) is 0 Å². The number of rotatable bonds is 3. The van der Waals surface area contributed by atoms with Crippen LogP contribution in [0.4, 0.5) is 11.4 Å². The van der Waals surface area contributed by atoms with Crippen LogP contribution in [0.1, 0.15) is 21.5 Å². The van der Waals surface area contributed by atoms with Gasteiger partial charge in [0.15, 0.2) is 0 Å². The Morgan fingerprint density at radius 1 is 1.10 bits per heavy atom. The van der Waals surface area contributed by atoms with Crippen LogP contribution < -0.4 is 11.5 Å². The minimum Gasteiger partial charge on any atom is -0.399 e. The molecular weight excluding hydrogens is 250 g/mol. The van der Waals surface area contributed by atoms with E-state index in [0.717, 1.165) is 5.56 Å². The van der Waals surface area contributed by atoms with Gasteiger partial charge in [0.2, 0.25) is 0 Å². The molecule has 0 bridgehead atoms. The van der Waals surface area contributed by atoms with Crippen molar-refractivity contribution < 1.29 is 4.79 Å². The van der Waals surface area contributed by atoms with Gasteiger partial charge in [0, 0.05) is 30.5 Å². The third-order valence-electron chi connectivity index (χ3n) is 3.07. The van der Waals surface area contributed by atoms with Crippen molar-refractivity contribution >= 4 is 17.3 Å². The Morgan fingerprint density at radius 2 is 1.75 bits per heavy atom. The first-order valence-electron chi connectivity index (χ1n) is 6.43. The monoisotopic (exact) mass is 269 g/mol. The van der Waals surface area contributed by atoms with Crippen LogP contribution in [0.25, 0.3) is 0 Å². The molecule has 0 aromatic heterocycles. The SMILES string of the molecule is Cc1cccc(CN(C)C(=O)c2cc(N)cc(N)c2)c1. The molecule has 0 saturated carbocycles. The van der Waals surface area contributed by atoms with Crippen molar-refractivity contribution in [3.63, 3.8) is 0 Å². The fourth-order valence-corrected chi connectivity index (χ4v) is 2.18. The van der Waals surface area contributed by atoms with Crippen LogP contribution >= 0.6 is 0 Å². The van der Waals surface area contributed by atoms with Gasteiger partial charge in [-0.15, -0.1) is 0 Å². The summed E-state index contributed by atoms with van der Waals surface area (Å²) in [4.78, 5) is 14.0. The highest BCUT2D eigenvalue weighted by Gasteiger charge is 2.13. The molecule has 0 unspecified atom stereocenters. The minimum absolute atomic E-state index is 0.0921. The molecule has 0 spiro atoms. The van der Waals surface area contributed by atoms with Gasteiger partial charge in [-0.2, -0.15) is 0 Å². The third kappa shape index (κ3) is 3.29. The van der Waals surface area contributed by atoms with Crippen molar-refractivity contribution in [2.45, 2.75) is 13.5 Å². The van der Waals surface area contributed by atoms with E-state index >= 15 is 0 Å². The van der Waals surface area contributed by atoms with Crippen LogP contribution in [0.2, 0.25) is 0 Å². The molecule has 0 heterocycles. The van der Waals surface area contributed by atoms with Gasteiger partial charge >= 0.3 is 0 Å². The Bertz CT molecular complexity index is 617. The molecule has 0 aliphatic rings. The van der Waals surface area contributed by atoms with Gasteiger partial charge in [-0.1, -0.05) is 29.8 Å². The summed E-state index contributed by atoms with van der Waals surface area (Å²) < 4.78 is 0. The normalized spacial score (nSPS) is 10.3. The quantitative estimate of drug-likeness (QED) is 0.841. The smallest absolute Gasteiger partial charge is 0.254 e. The molecule has 4 heteroatoms. The zero-order valence-electron chi connectivity index (χ0n) is 11.8. The predicted octanol–water partition coefficient (Wildman–Crippen LogP) is 2.43. The highest BCUT2D eigenvalue weighted by atomic mass is 16.2. The van der Waals surface area contributed by atoms with Gasteiger partial charge in [-0.25, -0.2) is 0 Å². The average molecular weight is 269 g/mol. The Hall–Kier alpha value is -2.49. The van der Waals surface area contributed by atoms with Crippen molar-refractivity contribution in [1.82, 2.24) is 4.90 Å². The number of anilines is 2. The second-order valence-corrected chi connectivity index (χ2v) is 5.04. The van der Waals surface area contributed by atoms with Gasteiger partial charge in [-0.3, -0.25) is 4.79 Å². The second-order valence-electron chi connectivity index (χ2n) is 5.04. The van der Waals surface area contributed by atoms with E-state index in [-0.39, 0.29) is 5.91 Å². The van der Waals surface area contributed by atoms with Crippen LogP contribution in [-0.4, -0.2) is 17.9 Å². The summed E-state index contributed by atoms with van der Waals surface area (Å²) in [5.41, 5.74) is 15.2. The molecule has 0 fully saturated rings. The first-order valence-corrected chi connectivity index (χ1v) is 6.43. The van der Waals surface area contributed by atoms with E-state index in [1.165, 1.54) is 5.56 Å². The molecule has 0 aliphatic heterocycles. The zero-order chi connectivity index (χ0) is 14.7. The zero-order valence-corrected chi connectivity index (χ0v) is 11.8. The van der Waals surface area contributed by atoms with Crippen molar-refractivity contribution in [3.8, 4) is 0 Å². The van der Waals surface area contributed by atoms with Gasteiger partial charge < -0.3 is 16.4 Å². The van der Waals surface area contributed by atoms with E-state index in [4.69, 9.17) is 11.5 Å². The molecule has 0 atom stereocenters. The number of carbonyl (C=O) groups excluding carboxylic acids is 1. The maximum absolute atomic E-state index is 12.4. The largest absolute Gasteiger partial charge is 0.399 e. The van der Waals surface area contributed by atoms with E-state index < -0.39 is 0 Å². The molecule has 0 aliphatic carbocycles. The van der Waals surface area contributed by atoms with E-state index in [0.29, 0.717) is 23.5 Å². The molecule has 1 amide bonds. The van der Waals surface area contributed by atoms with Crippen molar-refractivity contribution in [2.75, 3.05) is 18.5 Å². The number of benzene rings is 2. The molecule has 0 radical (unpaired) electrons. The van der Waals surface area contributed by atoms with Crippen molar-refractivity contribution in [3.05, 3.63) is 59.2 Å². The number of nitrogens with zero attached hydrogens (tertiary/aromatic N) is 1. The number of amides is 1. The van der Waals surface area contributed by atoms with Crippen molar-refractivity contribution in [2.24, 2.45) is 0 Å². The molecule has 104 valence electrons. The highest BCUT2D eigenvalue weighted by Crippen LogP contribution is 2.16. The molecule has 2 rings (SSSR count). The number of hydrogen-bond donors (Lipinski definition) is 2. The van der Waals surface area contributed by atoms with Crippen LogP contribution in [0, 0.1) is 6.92 Å². The molecule has 2 aromatic carbocycles. The van der Waals surface area contributed by atoms with E-state index in [9.17, 15) is 4.79 Å². The maximum atomic E-state index is 12.4. The second kappa shape index (κ2) is 5.65. The summed E-state index contributed by atoms with van der Waals surface area (Å²) >= 11 is 0. The van der Waals surface area contributed by atoms with Crippen LogP contribution in [0.15, 0.2) is 42.5 Å². The lowest BCUT2D eigenvalue weighted by atomic mass is 10.1. The standard InChI is InChI=1S/C16H19N3O/c1-11-4-3-5-12(6-11)10-19(2)16(20)13-7-14(17)9-15(18)8-13/h3-9H,10,17-18H2,1-2H3. The molecule has 4 nitrogen and oxygen atoms in total. The molecule has 20 heavy (non-hydrogen) atoms. The maximum Gasteiger partial charge on any atom is 0.254 e. The fraction of sp³-hybridized carbons (Fsp3) is 0.188.